The molecule has 0 saturated carbocycles. The second kappa shape index (κ2) is 6.88. The van der Waals surface area contributed by atoms with E-state index in [0.29, 0.717) is 4.88 Å². The Bertz CT molecular complexity index is 840. The highest BCUT2D eigenvalue weighted by Gasteiger charge is 2.28. The molecule has 1 aromatic heterocycles. The first kappa shape index (κ1) is 17.5. The number of hydrogen-bond acceptors (Lipinski definition) is 4. The standard InChI is InChI=1S/C19H21NO4S/c1-10-16(17(19(22)23)11(2)25-10)18(21)20-15-6-4-5-12-7-8-13(24-3)9-14(12)15/h7-9,15H,4-6H2,1-3H3,(H,20,21)(H,22,23)/t15-/m0/s1. The molecule has 3 rings (SSSR count). The summed E-state index contributed by atoms with van der Waals surface area (Å²) in [6, 6.07) is 5.80. The van der Waals surface area contributed by atoms with Gasteiger partial charge in [0.25, 0.3) is 5.91 Å². The van der Waals surface area contributed by atoms with E-state index in [4.69, 9.17) is 4.74 Å². The first-order valence-corrected chi connectivity index (χ1v) is 9.05. The Morgan fingerprint density at radius 1 is 1.24 bits per heavy atom. The number of ether oxygens (including phenoxy) is 1. The van der Waals surface area contributed by atoms with Crippen molar-refractivity contribution in [3.05, 3.63) is 50.2 Å². The minimum Gasteiger partial charge on any atom is -0.497 e. The molecule has 1 amide bonds. The van der Waals surface area contributed by atoms with Crippen LogP contribution in [0.15, 0.2) is 18.2 Å². The van der Waals surface area contributed by atoms with Crippen LogP contribution in [0.2, 0.25) is 0 Å². The van der Waals surface area contributed by atoms with Crippen molar-refractivity contribution in [1.29, 1.82) is 0 Å². The third kappa shape index (κ3) is 3.26. The number of carboxylic acids is 1. The zero-order valence-corrected chi connectivity index (χ0v) is 15.3. The highest BCUT2D eigenvalue weighted by Crippen LogP contribution is 2.34. The van der Waals surface area contributed by atoms with E-state index in [1.165, 1.54) is 16.9 Å². The molecule has 0 radical (unpaired) electrons. The van der Waals surface area contributed by atoms with Crippen molar-refractivity contribution in [3.8, 4) is 5.75 Å². The van der Waals surface area contributed by atoms with Gasteiger partial charge < -0.3 is 15.2 Å². The summed E-state index contributed by atoms with van der Waals surface area (Å²) in [7, 11) is 1.62. The van der Waals surface area contributed by atoms with Gasteiger partial charge in [-0.1, -0.05) is 6.07 Å². The van der Waals surface area contributed by atoms with Crippen molar-refractivity contribution in [2.24, 2.45) is 0 Å². The molecule has 2 N–H and O–H groups in total. The summed E-state index contributed by atoms with van der Waals surface area (Å²) in [5.74, 6) is -0.619. The van der Waals surface area contributed by atoms with Gasteiger partial charge in [-0.05, 0) is 56.4 Å². The summed E-state index contributed by atoms with van der Waals surface area (Å²) in [6.45, 7) is 3.52. The van der Waals surface area contributed by atoms with Crippen LogP contribution in [0, 0.1) is 13.8 Å². The Balaban J connectivity index is 1.92. The number of carbonyl (C=O) groups is 2. The maximum atomic E-state index is 12.8. The van der Waals surface area contributed by atoms with Crippen molar-refractivity contribution in [3.63, 3.8) is 0 Å². The summed E-state index contributed by atoms with van der Waals surface area (Å²) in [5, 5.41) is 12.5. The lowest BCUT2D eigenvalue weighted by molar-refractivity contribution is 0.0690. The first-order chi connectivity index (χ1) is 11.9. The number of nitrogens with one attached hydrogen (secondary N) is 1. The molecule has 2 aromatic rings. The Morgan fingerprint density at radius 3 is 2.64 bits per heavy atom. The number of benzene rings is 1. The van der Waals surface area contributed by atoms with Gasteiger partial charge in [0.15, 0.2) is 0 Å². The van der Waals surface area contributed by atoms with E-state index < -0.39 is 5.97 Å². The highest BCUT2D eigenvalue weighted by molar-refractivity contribution is 7.12. The maximum Gasteiger partial charge on any atom is 0.337 e. The fourth-order valence-corrected chi connectivity index (χ4v) is 4.55. The number of carboxylic acid groups (broad SMARTS) is 1. The molecule has 6 heteroatoms. The second-order valence-electron chi connectivity index (χ2n) is 6.25. The van der Waals surface area contributed by atoms with Crippen LogP contribution >= 0.6 is 11.3 Å². The van der Waals surface area contributed by atoms with Crippen molar-refractivity contribution >= 4 is 23.2 Å². The SMILES string of the molecule is COc1ccc2c(c1)[C@@H](NC(=O)c1c(C)sc(C)c1C(=O)O)CCC2. The fraction of sp³-hybridized carbons (Fsp3) is 0.368. The number of rotatable bonds is 4. The Kier molecular flexibility index (Phi) is 4.81. The minimum absolute atomic E-state index is 0.113. The van der Waals surface area contributed by atoms with Gasteiger partial charge in [-0.3, -0.25) is 4.79 Å². The Labute approximate surface area is 150 Å². The zero-order valence-electron chi connectivity index (χ0n) is 14.5. The fourth-order valence-electron chi connectivity index (χ4n) is 3.50. The summed E-state index contributed by atoms with van der Waals surface area (Å²) < 4.78 is 5.30. The van der Waals surface area contributed by atoms with Crippen molar-refractivity contribution in [2.45, 2.75) is 39.2 Å². The highest BCUT2D eigenvalue weighted by atomic mass is 32.1. The van der Waals surface area contributed by atoms with Gasteiger partial charge in [-0.2, -0.15) is 0 Å². The van der Waals surface area contributed by atoms with Crippen LogP contribution in [0.5, 0.6) is 5.75 Å². The van der Waals surface area contributed by atoms with E-state index in [2.05, 4.69) is 5.32 Å². The summed E-state index contributed by atoms with van der Waals surface area (Å²) in [4.78, 5) is 25.8. The molecule has 1 aliphatic rings. The van der Waals surface area contributed by atoms with Gasteiger partial charge in [0.1, 0.15) is 5.75 Å². The summed E-state index contributed by atoms with van der Waals surface area (Å²) in [6.07, 6.45) is 2.79. The van der Waals surface area contributed by atoms with E-state index in [9.17, 15) is 14.7 Å². The van der Waals surface area contributed by atoms with E-state index in [1.54, 1.807) is 21.0 Å². The van der Waals surface area contributed by atoms with Gasteiger partial charge in [-0.25, -0.2) is 4.79 Å². The number of thiophene rings is 1. The number of methoxy groups -OCH3 is 1. The van der Waals surface area contributed by atoms with Crippen LogP contribution in [0.3, 0.4) is 0 Å². The third-order valence-corrected chi connectivity index (χ3v) is 5.69. The summed E-state index contributed by atoms with van der Waals surface area (Å²) >= 11 is 1.34. The number of fused-ring (bicyclic) bond motifs is 1. The average molecular weight is 359 g/mol. The van der Waals surface area contributed by atoms with Crippen LogP contribution in [0.4, 0.5) is 0 Å². The largest absolute Gasteiger partial charge is 0.497 e. The van der Waals surface area contributed by atoms with Crippen molar-refractivity contribution in [2.75, 3.05) is 7.11 Å². The molecule has 1 heterocycles. The van der Waals surface area contributed by atoms with Gasteiger partial charge in [0.05, 0.1) is 24.3 Å². The monoisotopic (exact) mass is 359 g/mol. The maximum absolute atomic E-state index is 12.8. The van der Waals surface area contributed by atoms with Crippen LogP contribution in [-0.4, -0.2) is 24.1 Å². The van der Waals surface area contributed by atoms with E-state index in [1.807, 2.05) is 18.2 Å². The van der Waals surface area contributed by atoms with Gasteiger partial charge in [0, 0.05) is 9.75 Å². The second-order valence-corrected chi connectivity index (χ2v) is 7.68. The normalized spacial score (nSPS) is 16.2. The summed E-state index contributed by atoms with van der Waals surface area (Å²) in [5.41, 5.74) is 2.65. The number of amides is 1. The van der Waals surface area contributed by atoms with Crippen molar-refractivity contribution in [1.82, 2.24) is 5.32 Å². The quantitative estimate of drug-likeness (QED) is 0.869. The molecule has 0 bridgehead atoms. The molecule has 0 unspecified atom stereocenters. The van der Waals surface area contributed by atoms with E-state index in [-0.39, 0.29) is 23.1 Å². The van der Waals surface area contributed by atoms with Crippen LogP contribution in [0.25, 0.3) is 0 Å². The lowest BCUT2D eigenvalue weighted by Crippen LogP contribution is -2.32. The molecule has 5 nitrogen and oxygen atoms in total. The molecule has 1 atom stereocenters. The van der Waals surface area contributed by atoms with Gasteiger partial charge >= 0.3 is 5.97 Å². The smallest absolute Gasteiger partial charge is 0.337 e. The Hall–Kier alpha value is -2.34. The molecule has 132 valence electrons. The predicted octanol–water partition coefficient (Wildman–Crippen LogP) is 3.88. The molecule has 0 saturated heterocycles. The number of carbonyl (C=O) groups excluding carboxylic acids is 1. The molecule has 0 fully saturated rings. The van der Waals surface area contributed by atoms with Gasteiger partial charge in [0.2, 0.25) is 0 Å². The topological polar surface area (TPSA) is 75.6 Å². The average Bonchev–Trinajstić information content (AvgIpc) is 2.89. The molecule has 0 spiro atoms. The number of hydrogen-bond donors (Lipinski definition) is 2. The molecular weight excluding hydrogens is 338 g/mol. The molecule has 1 aliphatic carbocycles. The Morgan fingerprint density at radius 2 is 1.96 bits per heavy atom. The zero-order chi connectivity index (χ0) is 18.1. The molecular formula is C19H21NO4S. The lowest BCUT2D eigenvalue weighted by atomic mass is 9.87. The van der Waals surface area contributed by atoms with Crippen LogP contribution in [0.1, 0.15) is 60.5 Å². The molecule has 0 aliphatic heterocycles. The first-order valence-electron chi connectivity index (χ1n) is 8.23. The third-order valence-electron chi connectivity index (χ3n) is 4.67. The predicted molar refractivity (Wildman–Crippen MR) is 96.9 cm³/mol. The van der Waals surface area contributed by atoms with E-state index in [0.717, 1.165) is 35.5 Å². The number of aromatic carboxylic acids is 1. The molecule has 25 heavy (non-hydrogen) atoms. The van der Waals surface area contributed by atoms with Crippen molar-refractivity contribution < 1.29 is 19.4 Å². The molecule has 1 aromatic carbocycles. The lowest BCUT2D eigenvalue weighted by Gasteiger charge is -2.27. The van der Waals surface area contributed by atoms with Crippen LogP contribution < -0.4 is 10.1 Å². The van der Waals surface area contributed by atoms with Crippen LogP contribution in [-0.2, 0) is 6.42 Å². The minimum atomic E-state index is -1.06. The number of aryl methyl sites for hydroxylation is 3. The van der Waals surface area contributed by atoms with E-state index >= 15 is 0 Å². The van der Waals surface area contributed by atoms with Gasteiger partial charge in [-0.15, -0.1) is 11.3 Å².